The van der Waals surface area contributed by atoms with Gasteiger partial charge in [0.2, 0.25) is 10.0 Å². The number of halogens is 1. The Kier molecular flexibility index (Phi) is 4.91. The summed E-state index contributed by atoms with van der Waals surface area (Å²) in [6, 6.07) is 5.70. The van der Waals surface area contributed by atoms with Gasteiger partial charge in [-0.05, 0) is 31.5 Å². The number of benzene rings is 1. The Morgan fingerprint density at radius 1 is 1.61 bits per heavy atom. The standard InChI is InChI=1S/C12H13ClN2O2S/c1-3-4-9(2)15-18(16,17)12-6-5-10(8-14)7-11(12)13/h3,5-7,9,15H,1,4H2,2H3. The number of sulfonamides is 1. The van der Waals surface area contributed by atoms with E-state index in [1.54, 1.807) is 13.0 Å². The Bertz CT molecular complexity index is 591. The van der Waals surface area contributed by atoms with Crippen molar-refractivity contribution in [2.75, 3.05) is 0 Å². The van der Waals surface area contributed by atoms with Gasteiger partial charge in [0.05, 0.1) is 16.7 Å². The summed E-state index contributed by atoms with van der Waals surface area (Å²) in [4.78, 5) is -0.0286. The van der Waals surface area contributed by atoms with Gasteiger partial charge in [-0.3, -0.25) is 0 Å². The highest BCUT2D eigenvalue weighted by Gasteiger charge is 2.20. The first-order valence-corrected chi connectivity index (χ1v) is 7.09. The van der Waals surface area contributed by atoms with Crippen LogP contribution in [0.15, 0.2) is 35.7 Å². The summed E-state index contributed by atoms with van der Waals surface area (Å²) in [6.07, 6.45) is 2.15. The number of hydrogen-bond donors (Lipinski definition) is 1. The van der Waals surface area contributed by atoms with E-state index in [0.29, 0.717) is 12.0 Å². The molecule has 1 atom stereocenters. The molecule has 1 unspecified atom stereocenters. The van der Waals surface area contributed by atoms with Crippen molar-refractivity contribution in [3.05, 3.63) is 41.4 Å². The molecule has 0 aromatic heterocycles. The zero-order chi connectivity index (χ0) is 13.8. The molecule has 0 saturated heterocycles. The molecule has 18 heavy (non-hydrogen) atoms. The normalized spacial score (nSPS) is 12.7. The fourth-order valence-corrected chi connectivity index (χ4v) is 3.22. The summed E-state index contributed by atoms with van der Waals surface area (Å²) in [5.74, 6) is 0. The lowest BCUT2D eigenvalue weighted by Gasteiger charge is -2.13. The highest BCUT2D eigenvalue weighted by Crippen LogP contribution is 2.22. The minimum absolute atomic E-state index is 0.0286. The van der Waals surface area contributed by atoms with Crippen LogP contribution in [0.1, 0.15) is 18.9 Å². The van der Waals surface area contributed by atoms with Crippen molar-refractivity contribution >= 4 is 21.6 Å². The number of nitrogens with zero attached hydrogens (tertiary/aromatic N) is 1. The lowest BCUT2D eigenvalue weighted by Crippen LogP contribution is -2.32. The first kappa shape index (κ1) is 14.7. The number of hydrogen-bond acceptors (Lipinski definition) is 3. The minimum Gasteiger partial charge on any atom is -0.208 e. The van der Waals surface area contributed by atoms with Gasteiger partial charge in [-0.25, -0.2) is 13.1 Å². The Morgan fingerprint density at radius 3 is 2.78 bits per heavy atom. The van der Waals surface area contributed by atoms with Crippen molar-refractivity contribution in [2.45, 2.75) is 24.3 Å². The summed E-state index contributed by atoms with van der Waals surface area (Å²) < 4.78 is 26.5. The summed E-state index contributed by atoms with van der Waals surface area (Å²) in [7, 11) is -3.68. The van der Waals surface area contributed by atoms with Crippen LogP contribution in [0.2, 0.25) is 5.02 Å². The molecule has 6 heteroatoms. The molecule has 1 rings (SSSR count). The monoisotopic (exact) mass is 284 g/mol. The zero-order valence-corrected chi connectivity index (χ0v) is 11.4. The fourth-order valence-electron chi connectivity index (χ4n) is 1.41. The third-order valence-electron chi connectivity index (χ3n) is 2.23. The highest BCUT2D eigenvalue weighted by molar-refractivity contribution is 7.89. The predicted molar refractivity (Wildman–Crippen MR) is 70.8 cm³/mol. The van der Waals surface area contributed by atoms with E-state index < -0.39 is 10.0 Å². The van der Waals surface area contributed by atoms with Gasteiger partial charge in [0.25, 0.3) is 0 Å². The summed E-state index contributed by atoms with van der Waals surface area (Å²) in [6.45, 7) is 5.28. The lowest BCUT2D eigenvalue weighted by molar-refractivity contribution is 0.562. The van der Waals surface area contributed by atoms with Gasteiger partial charge >= 0.3 is 0 Å². The molecule has 0 amide bonds. The molecule has 0 bridgehead atoms. The van der Waals surface area contributed by atoms with Crippen LogP contribution < -0.4 is 4.72 Å². The van der Waals surface area contributed by atoms with E-state index in [9.17, 15) is 8.42 Å². The second-order valence-corrected chi connectivity index (χ2v) is 5.89. The molecule has 1 aromatic rings. The summed E-state index contributed by atoms with van der Waals surface area (Å²) in [5.41, 5.74) is 0.318. The van der Waals surface area contributed by atoms with Crippen LogP contribution >= 0.6 is 11.6 Å². The molecule has 0 aliphatic heterocycles. The van der Waals surface area contributed by atoms with E-state index in [1.807, 2.05) is 6.07 Å². The molecular weight excluding hydrogens is 272 g/mol. The lowest BCUT2D eigenvalue weighted by atomic mass is 10.2. The van der Waals surface area contributed by atoms with Crippen LogP contribution in [0, 0.1) is 11.3 Å². The van der Waals surface area contributed by atoms with Crippen LogP contribution in [0.3, 0.4) is 0 Å². The van der Waals surface area contributed by atoms with Crippen molar-refractivity contribution < 1.29 is 8.42 Å². The van der Waals surface area contributed by atoms with Crippen molar-refractivity contribution in [2.24, 2.45) is 0 Å². The van der Waals surface area contributed by atoms with Crippen LogP contribution in [0.5, 0.6) is 0 Å². The Hall–Kier alpha value is -1.35. The number of rotatable bonds is 5. The maximum Gasteiger partial charge on any atom is 0.242 e. The van der Waals surface area contributed by atoms with Crippen molar-refractivity contribution in [1.82, 2.24) is 4.72 Å². The molecule has 4 nitrogen and oxygen atoms in total. The van der Waals surface area contributed by atoms with Gasteiger partial charge < -0.3 is 0 Å². The average molecular weight is 285 g/mol. The summed E-state index contributed by atoms with van der Waals surface area (Å²) in [5, 5.41) is 8.72. The largest absolute Gasteiger partial charge is 0.242 e. The third kappa shape index (κ3) is 3.57. The highest BCUT2D eigenvalue weighted by atomic mass is 35.5. The van der Waals surface area contributed by atoms with Crippen LogP contribution in [0.25, 0.3) is 0 Å². The van der Waals surface area contributed by atoms with E-state index in [4.69, 9.17) is 16.9 Å². The van der Waals surface area contributed by atoms with Crippen molar-refractivity contribution in [3.63, 3.8) is 0 Å². The molecule has 0 aliphatic rings. The molecule has 96 valence electrons. The van der Waals surface area contributed by atoms with E-state index >= 15 is 0 Å². The first-order chi connectivity index (χ1) is 8.40. The van der Waals surface area contributed by atoms with E-state index in [1.165, 1.54) is 18.2 Å². The molecule has 0 saturated carbocycles. The first-order valence-electron chi connectivity index (χ1n) is 5.23. The van der Waals surface area contributed by atoms with Gasteiger partial charge in [-0.15, -0.1) is 6.58 Å². The zero-order valence-electron chi connectivity index (χ0n) is 9.85. The Labute approximate surface area is 112 Å². The maximum absolute atomic E-state index is 12.0. The SMILES string of the molecule is C=CCC(C)NS(=O)(=O)c1ccc(C#N)cc1Cl. The van der Waals surface area contributed by atoms with Crippen molar-refractivity contribution in [3.8, 4) is 6.07 Å². The Morgan fingerprint density at radius 2 is 2.28 bits per heavy atom. The second kappa shape index (κ2) is 6.01. The molecule has 0 spiro atoms. The number of nitriles is 1. The third-order valence-corrected chi connectivity index (χ3v) is 4.30. The molecular formula is C12H13ClN2O2S. The molecule has 0 fully saturated rings. The van der Waals surface area contributed by atoms with Crippen LogP contribution in [0.4, 0.5) is 0 Å². The number of nitrogens with one attached hydrogen (secondary N) is 1. The van der Waals surface area contributed by atoms with Crippen molar-refractivity contribution in [1.29, 1.82) is 5.26 Å². The van der Waals surface area contributed by atoms with Gasteiger partial charge in [0, 0.05) is 6.04 Å². The smallest absolute Gasteiger partial charge is 0.208 e. The average Bonchev–Trinajstić information content (AvgIpc) is 2.27. The van der Waals surface area contributed by atoms with Gasteiger partial charge in [-0.1, -0.05) is 17.7 Å². The van der Waals surface area contributed by atoms with E-state index in [0.717, 1.165) is 0 Å². The van der Waals surface area contributed by atoms with E-state index in [-0.39, 0.29) is 16.0 Å². The maximum atomic E-state index is 12.0. The van der Waals surface area contributed by atoms with Gasteiger partial charge in [0.15, 0.2) is 0 Å². The van der Waals surface area contributed by atoms with Gasteiger partial charge in [-0.2, -0.15) is 5.26 Å². The molecule has 1 N–H and O–H groups in total. The molecule has 1 aromatic carbocycles. The fraction of sp³-hybridized carbons (Fsp3) is 0.250. The topological polar surface area (TPSA) is 70.0 Å². The Balaban J connectivity index is 3.06. The molecule has 0 heterocycles. The summed E-state index contributed by atoms with van der Waals surface area (Å²) >= 11 is 5.86. The predicted octanol–water partition coefficient (Wildman–Crippen LogP) is 2.45. The molecule has 0 aliphatic carbocycles. The van der Waals surface area contributed by atoms with Gasteiger partial charge in [0.1, 0.15) is 4.90 Å². The van der Waals surface area contributed by atoms with E-state index in [2.05, 4.69) is 11.3 Å². The van der Waals surface area contributed by atoms with Crippen LogP contribution in [-0.4, -0.2) is 14.5 Å². The molecule has 0 radical (unpaired) electrons. The minimum atomic E-state index is -3.68. The second-order valence-electron chi connectivity index (χ2n) is 3.80. The quantitative estimate of drug-likeness (QED) is 0.844. The van der Waals surface area contributed by atoms with Crippen LogP contribution in [-0.2, 0) is 10.0 Å².